The summed E-state index contributed by atoms with van der Waals surface area (Å²) in [6.07, 6.45) is 0. The van der Waals surface area contributed by atoms with Crippen LogP contribution in [0.25, 0.3) is 22.4 Å². The highest BCUT2D eigenvalue weighted by atomic mass is 35.5. The zero-order valence-corrected chi connectivity index (χ0v) is 15.8. The minimum Gasteiger partial charge on any atom is -0.338 e. The maximum Gasteiger partial charge on any atom is 0.294 e. The van der Waals surface area contributed by atoms with Gasteiger partial charge in [-0.2, -0.15) is 8.42 Å². The first-order valence-electron chi connectivity index (χ1n) is 8.19. The van der Waals surface area contributed by atoms with Crippen molar-refractivity contribution in [1.82, 2.24) is 9.97 Å². The third-order valence-corrected chi connectivity index (χ3v) is 5.38. The first-order valence-corrected chi connectivity index (χ1v) is 10.0. The van der Waals surface area contributed by atoms with Gasteiger partial charge in [0.05, 0.1) is 15.9 Å². The maximum absolute atomic E-state index is 12.5. The van der Waals surface area contributed by atoms with E-state index in [9.17, 15) is 13.2 Å². The van der Waals surface area contributed by atoms with Crippen LogP contribution in [0.15, 0.2) is 71.6 Å². The molecule has 1 aromatic heterocycles. The second-order valence-electron chi connectivity index (χ2n) is 6.15. The topological polar surface area (TPSA) is 100 Å². The quantitative estimate of drug-likeness (QED) is 0.383. The molecule has 0 aliphatic heterocycles. The Balaban J connectivity index is 1.65. The van der Waals surface area contributed by atoms with E-state index in [1.807, 2.05) is 0 Å². The van der Waals surface area contributed by atoms with Gasteiger partial charge in [-0.25, -0.2) is 4.98 Å². The van der Waals surface area contributed by atoms with Crippen LogP contribution in [-0.2, 0) is 10.1 Å². The smallest absolute Gasteiger partial charge is 0.294 e. The van der Waals surface area contributed by atoms with Gasteiger partial charge in [-0.1, -0.05) is 35.9 Å². The third kappa shape index (κ3) is 3.55. The largest absolute Gasteiger partial charge is 0.338 e. The Bertz CT molecular complexity index is 1290. The number of ketones is 1. The molecule has 1 heterocycles. The lowest BCUT2D eigenvalue weighted by Crippen LogP contribution is -2.00. The molecule has 28 heavy (non-hydrogen) atoms. The lowest BCUT2D eigenvalue weighted by Gasteiger charge is -2.03. The highest BCUT2D eigenvalue weighted by Gasteiger charge is 2.13. The fraction of sp³-hybridized carbons (Fsp3) is 0. The van der Waals surface area contributed by atoms with Gasteiger partial charge in [0.25, 0.3) is 10.1 Å². The number of carbonyl (C=O) groups is 1. The average molecular weight is 413 g/mol. The van der Waals surface area contributed by atoms with E-state index in [1.54, 1.807) is 48.5 Å². The summed E-state index contributed by atoms with van der Waals surface area (Å²) < 4.78 is 31.7. The van der Waals surface area contributed by atoms with Crippen molar-refractivity contribution >= 4 is 38.5 Å². The van der Waals surface area contributed by atoms with E-state index in [1.165, 1.54) is 18.2 Å². The van der Waals surface area contributed by atoms with Crippen LogP contribution >= 0.6 is 11.6 Å². The van der Waals surface area contributed by atoms with E-state index in [0.717, 1.165) is 5.56 Å². The van der Waals surface area contributed by atoms with Crippen LogP contribution in [0, 0.1) is 0 Å². The minimum atomic E-state index is -4.29. The number of carbonyl (C=O) groups excluding carboxylic acids is 1. The molecule has 3 aromatic carbocycles. The molecule has 4 rings (SSSR count). The number of aromatic nitrogens is 2. The van der Waals surface area contributed by atoms with Crippen LogP contribution < -0.4 is 0 Å². The van der Waals surface area contributed by atoms with Gasteiger partial charge in [-0.15, -0.1) is 0 Å². The van der Waals surface area contributed by atoms with Crippen LogP contribution in [0.4, 0.5) is 0 Å². The van der Waals surface area contributed by atoms with Gasteiger partial charge in [0, 0.05) is 21.7 Å². The summed E-state index contributed by atoms with van der Waals surface area (Å²) in [5, 5.41) is 0.564. The van der Waals surface area contributed by atoms with Crippen molar-refractivity contribution in [3.63, 3.8) is 0 Å². The first-order chi connectivity index (χ1) is 13.3. The summed E-state index contributed by atoms with van der Waals surface area (Å²) >= 11 is 5.85. The molecule has 0 unspecified atom stereocenters. The van der Waals surface area contributed by atoms with E-state index in [4.69, 9.17) is 16.2 Å². The molecule has 0 aliphatic carbocycles. The standard InChI is InChI=1S/C20H13ClN2O4S/c21-15-7-5-13(6-8-15)19(24)12-1-3-14(4-2-12)20-22-17-10-9-16(28(25,26)27)11-18(17)23-20/h1-11H,(H,22,23)(H,25,26,27). The lowest BCUT2D eigenvalue weighted by molar-refractivity contribution is 0.103. The number of imidazole rings is 1. The third-order valence-electron chi connectivity index (χ3n) is 4.28. The molecule has 0 atom stereocenters. The van der Waals surface area contributed by atoms with Crippen molar-refractivity contribution in [2.45, 2.75) is 4.90 Å². The van der Waals surface area contributed by atoms with E-state index in [2.05, 4.69) is 9.97 Å². The summed E-state index contributed by atoms with van der Waals surface area (Å²) in [5.41, 5.74) is 2.84. The molecule has 0 amide bonds. The number of benzene rings is 3. The molecule has 2 N–H and O–H groups in total. The van der Waals surface area contributed by atoms with E-state index < -0.39 is 10.1 Å². The van der Waals surface area contributed by atoms with Gasteiger partial charge in [0.15, 0.2) is 5.78 Å². The molecule has 0 saturated heterocycles. The molecule has 0 spiro atoms. The van der Waals surface area contributed by atoms with Gasteiger partial charge in [0.2, 0.25) is 0 Å². The fourth-order valence-corrected chi connectivity index (χ4v) is 3.46. The van der Waals surface area contributed by atoms with Gasteiger partial charge in [-0.3, -0.25) is 9.35 Å². The van der Waals surface area contributed by atoms with Crippen molar-refractivity contribution in [3.8, 4) is 11.4 Å². The summed E-state index contributed by atoms with van der Waals surface area (Å²) in [4.78, 5) is 19.8. The number of halogens is 1. The monoisotopic (exact) mass is 412 g/mol. The summed E-state index contributed by atoms with van der Waals surface area (Å²) in [6, 6.07) is 17.7. The number of hydrogen-bond acceptors (Lipinski definition) is 4. The molecule has 0 aliphatic rings. The van der Waals surface area contributed by atoms with Crippen LogP contribution in [0.5, 0.6) is 0 Å². The number of fused-ring (bicyclic) bond motifs is 1. The molecule has 0 radical (unpaired) electrons. The lowest BCUT2D eigenvalue weighted by atomic mass is 10.0. The number of hydrogen-bond donors (Lipinski definition) is 2. The van der Waals surface area contributed by atoms with Crippen LogP contribution in [0.1, 0.15) is 15.9 Å². The Labute approximate surface area is 165 Å². The fourth-order valence-electron chi connectivity index (χ4n) is 2.83. The van der Waals surface area contributed by atoms with Gasteiger partial charge in [-0.05, 0) is 42.5 Å². The predicted molar refractivity (Wildman–Crippen MR) is 106 cm³/mol. The van der Waals surface area contributed by atoms with Gasteiger partial charge < -0.3 is 4.98 Å². The molecule has 140 valence electrons. The second kappa shape index (κ2) is 6.87. The molecule has 6 nitrogen and oxygen atoms in total. The van der Waals surface area contributed by atoms with Gasteiger partial charge in [0.1, 0.15) is 5.82 Å². The Morgan fingerprint density at radius 1 is 0.929 bits per heavy atom. The number of nitrogens with zero attached hydrogens (tertiary/aromatic N) is 1. The zero-order valence-electron chi connectivity index (χ0n) is 14.3. The second-order valence-corrected chi connectivity index (χ2v) is 8.01. The van der Waals surface area contributed by atoms with E-state index >= 15 is 0 Å². The molecular formula is C20H13ClN2O4S. The van der Waals surface area contributed by atoms with Crippen LogP contribution in [-0.4, -0.2) is 28.7 Å². The minimum absolute atomic E-state index is 0.120. The molecule has 0 saturated carbocycles. The number of aromatic amines is 1. The van der Waals surface area contributed by atoms with Crippen molar-refractivity contribution in [2.75, 3.05) is 0 Å². The van der Waals surface area contributed by atoms with E-state index in [-0.39, 0.29) is 10.7 Å². The van der Waals surface area contributed by atoms with E-state index in [0.29, 0.717) is 33.0 Å². The Morgan fingerprint density at radius 2 is 1.54 bits per heavy atom. The Morgan fingerprint density at radius 3 is 2.14 bits per heavy atom. The summed E-state index contributed by atoms with van der Waals surface area (Å²) in [7, 11) is -4.29. The molecule has 0 bridgehead atoms. The zero-order chi connectivity index (χ0) is 19.9. The average Bonchev–Trinajstić information content (AvgIpc) is 3.11. The Hall–Kier alpha value is -3.00. The van der Waals surface area contributed by atoms with Crippen molar-refractivity contribution < 1.29 is 17.8 Å². The predicted octanol–water partition coefficient (Wildman–Crippen LogP) is 4.36. The molecule has 0 fully saturated rings. The summed E-state index contributed by atoms with van der Waals surface area (Å²) in [6.45, 7) is 0. The molecule has 8 heteroatoms. The summed E-state index contributed by atoms with van der Waals surface area (Å²) in [5.74, 6) is 0.401. The first kappa shape index (κ1) is 18.4. The highest BCUT2D eigenvalue weighted by Crippen LogP contribution is 2.24. The maximum atomic E-state index is 12.5. The number of rotatable bonds is 4. The highest BCUT2D eigenvalue weighted by molar-refractivity contribution is 7.85. The number of H-pyrrole nitrogens is 1. The van der Waals surface area contributed by atoms with Crippen LogP contribution in [0.3, 0.4) is 0 Å². The normalized spacial score (nSPS) is 11.6. The van der Waals surface area contributed by atoms with Crippen molar-refractivity contribution in [2.24, 2.45) is 0 Å². The van der Waals surface area contributed by atoms with Gasteiger partial charge >= 0.3 is 0 Å². The van der Waals surface area contributed by atoms with Crippen molar-refractivity contribution in [3.05, 3.63) is 82.9 Å². The molecular weight excluding hydrogens is 400 g/mol. The Kier molecular flexibility index (Phi) is 4.50. The number of nitrogens with one attached hydrogen (secondary N) is 1. The van der Waals surface area contributed by atoms with Crippen LogP contribution in [0.2, 0.25) is 5.02 Å². The SMILES string of the molecule is O=C(c1ccc(Cl)cc1)c1ccc(-c2nc3cc(S(=O)(=O)O)ccc3[nH]2)cc1. The molecule has 4 aromatic rings. The van der Waals surface area contributed by atoms with Crippen molar-refractivity contribution in [1.29, 1.82) is 0 Å².